The quantitative estimate of drug-likeness (QED) is 0.778. The van der Waals surface area contributed by atoms with Gasteiger partial charge >= 0.3 is 0 Å². The molecule has 100 valence electrons. The number of nitrogens with one attached hydrogen (secondary N) is 1. The third kappa shape index (κ3) is 5.50. The number of carbonyl (C=O) groups is 1. The molecule has 0 aromatic carbocycles. The van der Waals surface area contributed by atoms with E-state index in [1.165, 1.54) is 45.3 Å². The molecule has 0 aromatic heterocycles. The van der Waals surface area contributed by atoms with E-state index in [4.69, 9.17) is 0 Å². The number of amides is 1. The van der Waals surface area contributed by atoms with Crippen LogP contribution in [0.5, 0.6) is 0 Å². The molecule has 1 heterocycles. The Morgan fingerprint density at radius 1 is 1.35 bits per heavy atom. The van der Waals surface area contributed by atoms with Gasteiger partial charge in [0.25, 0.3) is 0 Å². The Labute approximate surface area is 105 Å². The van der Waals surface area contributed by atoms with Gasteiger partial charge in [-0.15, -0.1) is 0 Å². The van der Waals surface area contributed by atoms with Crippen LogP contribution in [-0.4, -0.2) is 62.0 Å². The van der Waals surface area contributed by atoms with Crippen molar-refractivity contribution in [2.24, 2.45) is 0 Å². The second-order valence-electron chi connectivity index (χ2n) is 5.14. The van der Waals surface area contributed by atoms with Gasteiger partial charge in [0.2, 0.25) is 5.91 Å². The molecule has 0 aliphatic carbocycles. The lowest BCUT2D eigenvalue weighted by molar-refractivity contribution is -0.127. The van der Waals surface area contributed by atoms with Crippen molar-refractivity contribution in [2.75, 3.05) is 40.3 Å². The van der Waals surface area contributed by atoms with Gasteiger partial charge in [0, 0.05) is 20.1 Å². The summed E-state index contributed by atoms with van der Waals surface area (Å²) in [5, 5.41) is 3.39. The summed E-state index contributed by atoms with van der Waals surface area (Å²) in [5.74, 6) is 0.166. The second-order valence-corrected chi connectivity index (χ2v) is 5.14. The van der Waals surface area contributed by atoms with Gasteiger partial charge in [-0.25, -0.2) is 0 Å². The molecular formula is C13H27N3O. The van der Waals surface area contributed by atoms with Gasteiger partial charge < -0.3 is 15.1 Å². The Morgan fingerprint density at radius 2 is 2.12 bits per heavy atom. The highest BCUT2D eigenvalue weighted by molar-refractivity contribution is 5.77. The fourth-order valence-corrected chi connectivity index (χ4v) is 2.29. The molecule has 0 bridgehead atoms. The predicted molar refractivity (Wildman–Crippen MR) is 71.1 cm³/mol. The summed E-state index contributed by atoms with van der Waals surface area (Å²) in [6.07, 6.45) is 4.84. The largest absolute Gasteiger partial charge is 0.348 e. The number of likely N-dealkylation sites (N-methyl/N-ethyl adjacent to an activating group) is 1. The van der Waals surface area contributed by atoms with Crippen LogP contribution in [0, 0.1) is 0 Å². The van der Waals surface area contributed by atoms with E-state index in [0.717, 1.165) is 0 Å². The standard InChI is InChI=1S/C13H27N3O/c1-4-8-16-9-5-6-12(7-10-16)14-11-13(17)15(2)3/h12,14H,4-11H2,1-3H3. The van der Waals surface area contributed by atoms with Crippen LogP contribution in [0.15, 0.2) is 0 Å². The second kappa shape index (κ2) is 7.67. The van der Waals surface area contributed by atoms with Crippen LogP contribution < -0.4 is 5.32 Å². The molecule has 0 spiro atoms. The maximum Gasteiger partial charge on any atom is 0.236 e. The van der Waals surface area contributed by atoms with Crippen LogP contribution in [0.2, 0.25) is 0 Å². The topological polar surface area (TPSA) is 35.6 Å². The van der Waals surface area contributed by atoms with Gasteiger partial charge in [0.05, 0.1) is 6.54 Å². The summed E-state index contributed by atoms with van der Waals surface area (Å²) in [6.45, 7) is 6.31. The number of rotatable bonds is 5. The third-order valence-corrected chi connectivity index (χ3v) is 3.40. The Bertz CT molecular complexity index is 231. The summed E-state index contributed by atoms with van der Waals surface area (Å²) in [7, 11) is 3.61. The first-order valence-corrected chi connectivity index (χ1v) is 6.79. The molecule has 1 unspecified atom stereocenters. The monoisotopic (exact) mass is 241 g/mol. The number of hydrogen-bond acceptors (Lipinski definition) is 3. The molecule has 1 amide bonds. The van der Waals surface area contributed by atoms with Crippen molar-refractivity contribution in [3.8, 4) is 0 Å². The predicted octanol–water partition coefficient (Wildman–Crippen LogP) is 0.929. The van der Waals surface area contributed by atoms with Crippen LogP contribution in [0.1, 0.15) is 32.6 Å². The maximum absolute atomic E-state index is 11.5. The fourth-order valence-electron chi connectivity index (χ4n) is 2.29. The molecule has 1 aliphatic rings. The van der Waals surface area contributed by atoms with E-state index in [-0.39, 0.29) is 5.91 Å². The van der Waals surface area contributed by atoms with Crippen molar-refractivity contribution in [2.45, 2.75) is 38.6 Å². The number of nitrogens with zero attached hydrogens (tertiary/aromatic N) is 2. The highest BCUT2D eigenvalue weighted by Crippen LogP contribution is 2.11. The van der Waals surface area contributed by atoms with E-state index < -0.39 is 0 Å². The minimum absolute atomic E-state index is 0.166. The summed E-state index contributed by atoms with van der Waals surface area (Å²) in [4.78, 5) is 15.7. The highest BCUT2D eigenvalue weighted by atomic mass is 16.2. The molecule has 0 radical (unpaired) electrons. The summed E-state index contributed by atoms with van der Waals surface area (Å²) in [5.41, 5.74) is 0. The van der Waals surface area contributed by atoms with E-state index >= 15 is 0 Å². The molecule has 4 nitrogen and oxygen atoms in total. The van der Waals surface area contributed by atoms with Crippen LogP contribution in [0.25, 0.3) is 0 Å². The van der Waals surface area contributed by atoms with Crippen molar-refractivity contribution < 1.29 is 4.79 Å². The molecular weight excluding hydrogens is 214 g/mol. The van der Waals surface area contributed by atoms with Crippen LogP contribution in [-0.2, 0) is 4.79 Å². The Balaban J connectivity index is 2.24. The molecule has 1 atom stereocenters. The average molecular weight is 241 g/mol. The maximum atomic E-state index is 11.5. The minimum Gasteiger partial charge on any atom is -0.348 e. The summed E-state index contributed by atoms with van der Waals surface area (Å²) in [6, 6.07) is 0.515. The zero-order valence-corrected chi connectivity index (χ0v) is 11.5. The van der Waals surface area contributed by atoms with Crippen LogP contribution in [0.3, 0.4) is 0 Å². The normalized spacial score (nSPS) is 22.2. The van der Waals surface area contributed by atoms with E-state index in [1.54, 1.807) is 19.0 Å². The lowest BCUT2D eigenvalue weighted by atomic mass is 10.1. The smallest absolute Gasteiger partial charge is 0.236 e. The van der Waals surface area contributed by atoms with Gasteiger partial charge in [-0.3, -0.25) is 4.79 Å². The SMILES string of the molecule is CCCN1CCCC(NCC(=O)N(C)C)CC1. The number of carbonyl (C=O) groups excluding carboxylic acids is 1. The third-order valence-electron chi connectivity index (χ3n) is 3.40. The molecule has 1 rings (SSSR count). The molecule has 4 heteroatoms. The first-order valence-electron chi connectivity index (χ1n) is 6.79. The lowest BCUT2D eigenvalue weighted by Gasteiger charge is -2.20. The van der Waals surface area contributed by atoms with Gasteiger partial charge in [-0.05, 0) is 45.3 Å². The van der Waals surface area contributed by atoms with Crippen molar-refractivity contribution in [3.63, 3.8) is 0 Å². The van der Waals surface area contributed by atoms with Gasteiger partial charge in [-0.2, -0.15) is 0 Å². The number of hydrogen-bond donors (Lipinski definition) is 1. The van der Waals surface area contributed by atoms with Crippen molar-refractivity contribution >= 4 is 5.91 Å². The van der Waals surface area contributed by atoms with Crippen LogP contribution >= 0.6 is 0 Å². The van der Waals surface area contributed by atoms with Crippen molar-refractivity contribution in [1.29, 1.82) is 0 Å². The number of likely N-dealkylation sites (tertiary alicyclic amines) is 1. The zero-order valence-electron chi connectivity index (χ0n) is 11.5. The van der Waals surface area contributed by atoms with Gasteiger partial charge in [0.1, 0.15) is 0 Å². The molecule has 1 saturated heterocycles. The first kappa shape index (κ1) is 14.5. The minimum atomic E-state index is 0.166. The van der Waals surface area contributed by atoms with Crippen molar-refractivity contribution in [1.82, 2.24) is 15.1 Å². The summed E-state index contributed by atoms with van der Waals surface area (Å²) >= 11 is 0. The van der Waals surface area contributed by atoms with E-state index in [2.05, 4.69) is 17.1 Å². The Morgan fingerprint density at radius 3 is 2.76 bits per heavy atom. The fraction of sp³-hybridized carbons (Fsp3) is 0.923. The Kier molecular flexibility index (Phi) is 6.52. The first-order chi connectivity index (χ1) is 8.13. The highest BCUT2D eigenvalue weighted by Gasteiger charge is 2.17. The molecule has 17 heavy (non-hydrogen) atoms. The molecule has 0 saturated carbocycles. The molecule has 1 aliphatic heterocycles. The van der Waals surface area contributed by atoms with Crippen LogP contribution in [0.4, 0.5) is 0 Å². The Hall–Kier alpha value is -0.610. The van der Waals surface area contributed by atoms with E-state index in [0.29, 0.717) is 12.6 Å². The van der Waals surface area contributed by atoms with Gasteiger partial charge in [-0.1, -0.05) is 6.92 Å². The van der Waals surface area contributed by atoms with Gasteiger partial charge in [0.15, 0.2) is 0 Å². The van der Waals surface area contributed by atoms with E-state index in [1.807, 2.05) is 0 Å². The lowest BCUT2D eigenvalue weighted by Crippen LogP contribution is -2.39. The van der Waals surface area contributed by atoms with E-state index in [9.17, 15) is 4.79 Å². The average Bonchev–Trinajstić information content (AvgIpc) is 2.52. The molecule has 1 N–H and O–H groups in total. The molecule has 0 aromatic rings. The summed E-state index contributed by atoms with van der Waals surface area (Å²) < 4.78 is 0. The zero-order chi connectivity index (χ0) is 12.7. The molecule has 1 fully saturated rings. The van der Waals surface area contributed by atoms with Crippen molar-refractivity contribution in [3.05, 3.63) is 0 Å².